The van der Waals surface area contributed by atoms with E-state index in [0.29, 0.717) is 32.1 Å². The van der Waals surface area contributed by atoms with Gasteiger partial charge in [0.2, 0.25) is 0 Å². The molecule has 154 valence electrons. The summed E-state index contributed by atoms with van der Waals surface area (Å²) in [7, 11) is 0.973. The number of fused-ring (bicyclic) bond motifs is 1. The largest absolute Gasteiger partial charge is 0.431 e. The van der Waals surface area contributed by atoms with E-state index in [1.807, 2.05) is 19.9 Å². The van der Waals surface area contributed by atoms with Gasteiger partial charge >= 0.3 is 11.9 Å². The summed E-state index contributed by atoms with van der Waals surface area (Å²) in [6.07, 6.45) is -4.82. The van der Waals surface area contributed by atoms with E-state index in [1.165, 1.54) is 23.7 Å². The Balaban J connectivity index is 1.95. The minimum Gasteiger partial charge on any atom is -0.292 e. The summed E-state index contributed by atoms with van der Waals surface area (Å²) >= 11 is 1.19. The minimum absolute atomic E-state index is 0.132. The van der Waals surface area contributed by atoms with E-state index in [-0.39, 0.29) is 5.69 Å². The predicted molar refractivity (Wildman–Crippen MR) is 106 cm³/mol. The van der Waals surface area contributed by atoms with Crippen molar-refractivity contribution in [2.24, 2.45) is 7.05 Å². The summed E-state index contributed by atoms with van der Waals surface area (Å²) in [6.45, 7) is 3.65. The molecule has 0 N–H and O–H groups in total. The van der Waals surface area contributed by atoms with Crippen LogP contribution in [0.2, 0.25) is 0 Å². The van der Waals surface area contributed by atoms with Crippen LogP contribution in [0.3, 0.4) is 0 Å². The maximum Gasteiger partial charge on any atom is 0.431 e. The molecule has 0 aliphatic rings. The molecule has 1 aromatic carbocycles. The van der Waals surface area contributed by atoms with E-state index in [2.05, 4.69) is 14.3 Å². The van der Waals surface area contributed by atoms with Crippen LogP contribution >= 0.6 is 11.5 Å². The Kier molecular flexibility index (Phi) is 4.57. The highest BCUT2D eigenvalue weighted by Crippen LogP contribution is 2.31. The molecule has 3 heterocycles. The number of aromatic nitrogens is 5. The molecule has 0 atom stereocenters. The van der Waals surface area contributed by atoms with Crippen molar-refractivity contribution in [1.82, 2.24) is 23.5 Å². The molecule has 0 aliphatic heterocycles. The number of halogens is 3. The maximum absolute atomic E-state index is 13.1. The van der Waals surface area contributed by atoms with Gasteiger partial charge in [0.15, 0.2) is 5.82 Å². The number of hydrogen-bond donors (Lipinski definition) is 0. The fourth-order valence-corrected chi connectivity index (χ4v) is 3.95. The number of benzene rings is 1. The number of alkyl halides is 3. The van der Waals surface area contributed by atoms with Crippen LogP contribution in [0.5, 0.6) is 0 Å². The molecule has 0 spiro atoms. The molecule has 0 bridgehead atoms. The molecule has 0 radical (unpaired) electrons. The highest BCUT2D eigenvalue weighted by atomic mass is 32.1. The second-order valence-corrected chi connectivity index (χ2v) is 7.53. The molecule has 0 aliphatic carbocycles. The molecule has 0 saturated carbocycles. The van der Waals surface area contributed by atoms with Gasteiger partial charge in [-0.2, -0.15) is 17.5 Å². The third-order valence-corrected chi connectivity index (χ3v) is 5.34. The fourth-order valence-electron chi connectivity index (χ4n) is 3.19. The second-order valence-electron chi connectivity index (χ2n) is 6.73. The third-order valence-electron chi connectivity index (χ3n) is 4.52. The molecule has 0 fully saturated rings. The summed E-state index contributed by atoms with van der Waals surface area (Å²) < 4.78 is 45.5. The molecule has 30 heavy (non-hydrogen) atoms. The molecular weight excluding hydrogens is 419 g/mol. The number of rotatable bonds is 2. The first-order chi connectivity index (χ1) is 14.1. The van der Waals surface area contributed by atoms with E-state index in [4.69, 9.17) is 0 Å². The second kappa shape index (κ2) is 6.87. The average Bonchev–Trinajstić information content (AvgIpc) is 3.06. The fraction of sp³-hybridized carbons (Fsp3) is 0.211. The van der Waals surface area contributed by atoms with Crippen LogP contribution in [0.4, 0.5) is 13.2 Å². The van der Waals surface area contributed by atoms with Crippen LogP contribution in [-0.4, -0.2) is 23.5 Å². The van der Waals surface area contributed by atoms with Gasteiger partial charge in [-0.1, -0.05) is 0 Å². The SMILES string of the molecule is Cc1cc(C)nc(-c2nsc3ccc(-n4c(=O)cc(C(F)(F)F)n(C)c4=O)cc23)n1. The van der Waals surface area contributed by atoms with Gasteiger partial charge in [-0.15, -0.1) is 0 Å². The van der Waals surface area contributed by atoms with Crippen molar-refractivity contribution in [2.45, 2.75) is 20.0 Å². The van der Waals surface area contributed by atoms with E-state index in [0.717, 1.165) is 23.1 Å². The Bertz CT molecular complexity index is 1400. The molecule has 0 unspecified atom stereocenters. The lowest BCUT2D eigenvalue weighted by molar-refractivity contribution is -0.144. The highest BCUT2D eigenvalue weighted by molar-refractivity contribution is 7.13. The topological polar surface area (TPSA) is 82.7 Å². The zero-order valence-electron chi connectivity index (χ0n) is 16.0. The molecule has 3 aromatic heterocycles. The lowest BCUT2D eigenvalue weighted by atomic mass is 10.2. The van der Waals surface area contributed by atoms with Crippen molar-refractivity contribution in [3.8, 4) is 17.2 Å². The number of nitrogens with zero attached hydrogens (tertiary/aromatic N) is 5. The summed E-state index contributed by atoms with van der Waals surface area (Å²) in [5.41, 5.74) is -1.37. The molecule has 0 amide bonds. The van der Waals surface area contributed by atoms with Crippen molar-refractivity contribution in [2.75, 3.05) is 0 Å². The van der Waals surface area contributed by atoms with Crippen LogP contribution < -0.4 is 11.2 Å². The Morgan fingerprint density at radius 3 is 2.30 bits per heavy atom. The van der Waals surface area contributed by atoms with Crippen LogP contribution in [0, 0.1) is 13.8 Å². The van der Waals surface area contributed by atoms with Crippen LogP contribution in [0.15, 0.2) is 39.9 Å². The minimum atomic E-state index is -4.82. The molecule has 4 aromatic rings. The van der Waals surface area contributed by atoms with E-state index in [9.17, 15) is 22.8 Å². The summed E-state index contributed by atoms with van der Waals surface area (Å²) in [4.78, 5) is 33.7. The van der Waals surface area contributed by atoms with E-state index < -0.39 is 23.1 Å². The molecule has 0 saturated heterocycles. The van der Waals surface area contributed by atoms with Gasteiger partial charge in [0.1, 0.15) is 11.4 Å². The lowest BCUT2D eigenvalue weighted by Gasteiger charge is -2.14. The lowest BCUT2D eigenvalue weighted by Crippen LogP contribution is -2.40. The van der Waals surface area contributed by atoms with Gasteiger partial charge in [-0.25, -0.2) is 19.3 Å². The monoisotopic (exact) mass is 433 g/mol. The van der Waals surface area contributed by atoms with Gasteiger partial charge in [-0.05, 0) is 49.6 Å². The quantitative estimate of drug-likeness (QED) is 0.485. The highest BCUT2D eigenvalue weighted by Gasteiger charge is 2.35. The zero-order chi connectivity index (χ0) is 21.8. The van der Waals surface area contributed by atoms with Crippen LogP contribution in [-0.2, 0) is 13.2 Å². The smallest absolute Gasteiger partial charge is 0.292 e. The Hall–Kier alpha value is -3.34. The molecule has 11 heteroatoms. The summed E-state index contributed by atoms with van der Waals surface area (Å²) in [6, 6.07) is 6.90. The van der Waals surface area contributed by atoms with E-state index >= 15 is 0 Å². The van der Waals surface area contributed by atoms with E-state index in [1.54, 1.807) is 6.07 Å². The van der Waals surface area contributed by atoms with Crippen molar-refractivity contribution in [3.63, 3.8) is 0 Å². The van der Waals surface area contributed by atoms with Crippen LogP contribution in [0.25, 0.3) is 27.3 Å². The van der Waals surface area contributed by atoms with Crippen LogP contribution in [0.1, 0.15) is 17.1 Å². The van der Waals surface area contributed by atoms with Gasteiger partial charge < -0.3 is 0 Å². The van der Waals surface area contributed by atoms with Gasteiger partial charge in [0.25, 0.3) is 5.56 Å². The van der Waals surface area contributed by atoms with Crippen molar-refractivity contribution >= 4 is 21.6 Å². The van der Waals surface area contributed by atoms with Gasteiger partial charge in [0.05, 0.1) is 10.4 Å². The molecule has 7 nitrogen and oxygen atoms in total. The maximum atomic E-state index is 13.1. The first-order valence-electron chi connectivity index (χ1n) is 8.69. The number of aryl methyl sites for hydroxylation is 2. The van der Waals surface area contributed by atoms with Crippen molar-refractivity contribution in [1.29, 1.82) is 0 Å². The Labute approximate surface area is 171 Å². The average molecular weight is 433 g/mol. The van der Waals surface area contributed by atoms with Crippen molar-refractivity contribution < 1.29 is 13.2 Å². The number of hydrogen-bond acceptors (Lipinski definition) is 6. The normalized spacial score (nSPS) is 11.9. The Morgan fingerprint density at radius 2 is 1.67 bits per heavy atom. The van der Waals surface area contributed by atoms with Gasteiger partial charge in [-0.3, -0.25) is 9.36 Å². The summed E-state index contributed by atoms with van der Waals surface area (Å²) in [5.74, 6) is 0.392. The molecular formula is C19H14F3N5O2S. The first kappa shape index (κ1) is 20.0. The summed E-state index contributed by atoms with van der Waals surface area (Å²) in [5, 5.41) is 0.594. The Morgan fingerprint density at radius 1 is 1.00 bits per heavy atom. The third kappa shape index (κ3) is 3.30. The standard InChI is InChI=1S/C19H14F3N5O2S/c1-9-6-10(2)24-17(23-9)16-12-7-11(4-5-13(12)30-25-16)27-15(28)8-14(19(20,21)22)26(3)18(27)29/h4-8H,1-3H3. The zero-order valence-corrected chi connectivity index (χ0v) is 16.8. The predicted octanol–water partition coefficient (Wildman–Crippen LogP) is 3.24. The van der Waals surface area contributed by atoms with Crippen molar-refractivity contribution in [3.05, 3.63) is 68.3 Å². The molecule has 4 rings (SSSR count). The van der Waals surface area contributed by atoms with Gasteiger partial charge in [0, 0.05) is 29.9 Å². The first-order valence-corrected chi connectivity index (χ1v) is 9.46.